The summed E-state index contributed by atoms with van der Waals surface area (Å²) in [6.45, 7) is 8.50. The Labute approximate surface area is 204 Å². The first-order valence-corrected chi connectivity index (χ1v) is 12.1. The largest absolute Gasteiger partial charge is 0.352 e. The maximum absolute atomic E-state index is 13.8. The average molecular weight is 457 g/mol. The van der Waals surface area contributed by atoms with Crippen LogP contribution in [-0.4, -0.2) is 28.8 Å². The quantitative estimate of drug-likeness (QED) is 0.444. The summed E-state index contributed by atoms with van der Waals surface area (Å²) in [5, 5.41) is 3.12. The molecule has 0 aliphatic carbocycles. The molecular weight excluding hydrogens is 420 g/mol. The van der Waals surface area contributed by atoms with Gasteiger partial charge in [0.05, 0.1) is 6.42 Å². The third kappa shape index (κ3) is 7.31. The Morgan fingerprint density at radius 3 is 2.03 bits per heavy atom. The standard InChI is InChI=1S/C30H36N2O2/c1-5-24(4)31-30(34)28(19-25-13-7-6-8-14-25)32(21-27-16-10-12-23(3)18-27)29(33)20-26-15-9-11-22(2)17-26/h6-18,24,28H,5,19-21H2,1-4H3,(H,31,34)/t24-,28+/m1/s1. The Hall–Kier alpha value is -3.40. The lowest BCUT2D eigenvalue weighted by Gasteiger charge is -2.32. The van der Waals surface area contributed by atoms with Crippen molar-refractivity contribution in [3.8, 4) is 0 Å². The molecule has 3 rings (SSSR count). The molecule has 2 amide bonds. The predicted molar refractivity (Wildman–Crippen MR) is 138 cm³/mol. The van der Waals surface area contributed by atoms with E-state index in [0.717, 1.165) is 34.2 Å². The van der Waals surface area contributed by atoms with Crippen LogP contribution in [0.2, 0.25) is 0 Å². The summed E-state index contributed by atoms with van der Waals surface area (Å²) in [5.74, 6) is -0.157. The fourth-order valence-electron chi connectivity index (χ4n) is 4.10. The van der Waals surface area contributed by atoms with Crippen molar-refractivity contribution in [3.05, 3.63) is 107 Å². The number of nitrogens with one attached hydrogen (secondary N) is 1. The molecule has 0 aliphatic rings. The minimum absolute atomic E-state index is 0.0402. The highest BCUT2D eigenvalue weighted by molar-refractivity contribution is 5.89. The minimum Gasteiger partial charge on any atom is -0.352 e. The van der Waals surface area contributed by atoms with Crippen LogP contribution in [0.1, 0.15) is 48.1 Å². The van der Waals surface area contributed by atoms with E-state index in [1.165, 1.54) is 0 Å². The highest BCUT2D eigenvalue weighted by Crippen LogP contribution is 2.18. The van der Waals surface area contributed by atoms with Gasteiger partial charge in [0.15, 0.2) is 0 Å². The van der Waals surface area contributed by atoms with Gasteiger partial charge in [-0.1, -0.05) is 96.9 Å². The van der Waals surface area contributed by atoms with Crippen LogP contribution < -0.4 is 5.32 Å². The second-order valence-corrected chi connectivity index (χ2v) is 9.20. The molecule has 0 heterocycles. The summed E-state index contributed by atoms with van der Waals surface area (Å²) >= 11 is 0. The van der Waals surface area contributed by atoms with Crippen LogP contribution in [0, 0.1) is 13.8 Å². The molecule has 3 aromatic rings. The fraction of sp³-hybridized carbons (Fsp3) is 0.333. The molecule has 178 valence electrons. The van der Waals surface area contributed by atoms with E-state index >= 15 is 0 Å². The molecule has 0 unspecified atom stereocenters. The lowest BCUT2D eigenvalue weighted by molar-refractivity contribution is -0.141. The molecule has 0 spiro atoms. The number of carbonyl (C=O) groups is 2. The zero-order valence-corrected chi connectivity index (χ0v) is 20.8. The molecule has 2 atom stereocenters. The zero-order valence-electron chi connectivity index (χ0n) is 20.8. The van der Waals surface area contributed by atoms with E-state index < -0.39 is 6.04 Å². The number of hydrogen-bond donors (Lipinski definition) is 1. The Kier molecular flexibility index (Phi) is 9.03. The normalized spacial score (nSPS) is 12.6. The molecule has 0 saturated carbocycles. The molecule has 0 aromatic heterocycles. The summed E-state index contributed by atoms with van der Waals surface area (Å²) < 4.78 is 0. The second-order valence-electron chi connectivity index (χ2n) is 9.20. The summed E-state index contributed by atoms with van der Waals surface area (Å²) in [4.78, 5) is 29.0. The lowest BCUT2D eigenvalue weighted by atomic mass is 10.0. The molecule has 0 fully saturated rings. The Morgan fingerprint density at radius 1 is 0.824 bits per heavy atom. The van der Waals surface area contributed by atoms with Crippen LogP contribution in [0.25, 0.3) is 0 Å². The van der Waals surface area contributed by atoms with E-state index in [-0.39, 0.29) is 24.3 Å². The van der Waals surface area contributed by atoms with E-state index in [0.29, 0.717) is 13.0 Å². The van der Waals surface area contributed by atoms with E-state index in [2.05, 4.69) is 11.4 Å². The van der Waals surface area contributed by atoms with Gasteiger partial charge in [0.1, 0.15) is 6.04 Å². The summed E-state index contributed by atoms with van der Waals surface area (Å²) in [5.41, 5.74) is 5.26. The maximum Gasteiger partial charge on any atom is 0.243 e. The van der Waals surface area contributed by atoms with Crippen LogP contribution in [0.4, 0.5) is 0 Å². The zero-order chi connectivity index (χ0) is 24.5. The van der Waals surface area contributed by atoms with E-state index in [9.17, 15) is 9.59 Å². The number of carbonyl (C=O) groups excluding carboxylic acids is 2. The minimum atomic E-state index is -0.603. The predicted octanol–water partition coefficient (Wildman–Crippen LogP) is 5.40. The van der Waals surface area contributed by atoms with Crippen LogP contribution in [0.5, 0.6) is 0 Å². The topological polar surface area (TPSA) is 49.4 Å². The lowest BCUT2D eigenvalue weighted by Crippen LogP contribution is -2.52. The average Bonchev–Trinajstić information content (AvgIpc) is 2.81. The van der Waals surface area contributed by atoms with Gasteiger partial charge in [-0.2, -0.15) is 0 Å². The molecule has 1 N–H and O–H groups in total. The van der Waals surface area contributed by atoms with Crippen molar-refractivity contribution in [1.82, 2.24) is 10.2 Å². The van der Waals surface area contributed by atoms with Crippen molar-refractivity contribution in [1.29, 1.82) is 0 Å². The van der Waals surface area contributed by atoms with Crippen LogP contribution in [0.15, 0.2) is 78.9 Å². The van der Waals surface area contributed by atoms with Crippen molar-refractivity contribution < 1.29 is 9.59 Å². The molecule has 4 nitrogen and oxygen atoms in total. The first-order chi connectivity index (χ1) is 16.4. The summed E-state index contributed by atoms with van der Waals surface area (Å²) in [7, 11) is 0. The van der Waals surface area contributed by atoms with Gasteiger partial charge >= 0.3 is 0 Å². The number of aryl methyl sites for hydroxylation is 2. The maximum atomic E-state index is 13.8. The highest BCUT2D eigenvalue weighted by atomic mass is 16.2. The number of benzene rings is 3. The number of amides is 2. The smallest absolute Gasteiger partial charge is 0.243 e. The van der Waals surface area contributed by atoms with Crippen LogP contribution >= 0.6 is 0 Å². The van der Waals surface area contributed by atoms with E-state index in [1.807, 2.05) is 100 Å². The molecule has 0 radical (unpaired) electrons. The molecule has 34 heavy (non-hydrogen) atoms. The third-order valence-corrected chi connectivity index (χ3v) is 6.15. The van der Waals surface area contributed by atoms with Gasteiger partial charge in [0.2, 0.25) is 11.8 Å². The van der Waals surface area contributed by atoms with Gasteiger partial charge in [-0.3, -0.25) is 9.59 Å². The Morgan fingerprint density at radius 2 is 1.41 bits per heavy atom. The van der Waals surface area contributed by atoms with E-state index in [4.69, 9.17) is 0 Å². The number of rotatable bonds is 10. The van der Waals surface area contributed by atoms with Gasteiger partial charge in [0, 0.05) is 19.0 Å². The highest BCUT2D eigenvalue weighted by Gasteiger charge is 2.31. The summed E-state index contributed by atoms with van der Waals surface area (Å²) in [6.07, 6.45) is 1.56. The monoisotopic (exact) mass is 456 g/mol. The third-order valence-electron chi connectivity index (χ3n) is 6.15. The fourth-order valence-corrected chi connectivity index (χ4v) is 4.10. The van der Waals surface area contributed by atoms with Gasteiger partial charge in [0.25, 0.3) is 0 Å². The molecular formula is C30H36N2O2. The van der Waals surface area contributed by atoms with Crippen LogP contribution in [-0.2, 0) is 29.0 Å². The number of hydrogen-bond acceptors (Lipinski definition) is 2. The van der Waals surface area contributed by atoms with Gasteiger partial charge in [-0.25, -0.2) is 0 Å². The van der Waals surface area contributed by atoms with Crippen molar-refractivity contribution in [3.63, 3.8) is 0 Å². The number of nitrogens with zero attached hydrogens (tertiary/aromatic N) is 1. The second kappa shape index (κ2) is 12.2. The Balaban J connectivity index is 1.97. The van der Waals surface area contributed by atoms with Crippen molar-refractivity contribution >= 4 is 11.8 Å². The molecule has 3 aromatic carbocycles. The first-order valence-electron chi connectivity index (χ1n) is 12.1. The van der Waals surface area contributed by atoms with Crippen molar-refractivity contribution in [2.24, 2.45) is 0 Å². The van der Waals surface area contributed by atoms with Crippen molar-refractivity contribution in [2.45, 2.75) is 65.6 Å². The van der Waals surface area contributed by atoms with Gasteiger partial charge < -0.3 is 10.2 Å². The van der Waals surface area contributed by atoms with Crippen LogP contribution in [0.3, 0.4) is 0 Å². The molecule has 0 aliphatic heterocycles. The molecule has 0 bridgehead atoms. The molecule has 4 heteroatoms. The summed E-state index contributed by atoms with van der Waals surface area (Å²) in [6, 6.07) is 25.5. The molecule has 0 saturated heterocycles. The SMILES string of the molecule is CC[C@@H](C)NC(=O)[C@H](Cc1ccccc1)N(Cc1cccc(C)c1)C(=O)Cc1cccc(C)c1. The van der Waals surface area contributed by atoms with E-state index in [1.54, 1.807) is 4.90 Å². The van der Waals surface area contributed by atoms with Gasteiger partial charge in [-0.15, -0.1) is 0 Å². The van der Waals surface area contributed by atoms with Gasteiger partial charge in [-0.05, 0) is 43.9 Å². The first kappa shape index (κ1) is 25.2. The van der Waals surface area contributed by atoms with Crippen molar-refractivity contribution in [2.75, 3.05) is 0 Å². The Bertz CT molecular complexity index is 1090.